The minimum Gasteiger partial charge on any atom is -0.309 e. The molecule has 0 saturated heterocycles. The summed E-state index contributed by atoms with van der Waals surface area (Å²) < 4.78 is 4.80. The highest BCUT2D eigenvalue weighted by atomic mass is 15.2. The molecule has 314 valence electrons. The average molecular weight is 863 g/mol. The van der Waals surface area contributed by atoms with Crippen LogP contribution >= 0.6 is 0 Å². The Morgan fingerprint density at radius 1 is 0.353 bits per heavy atom. The Labute approximate surface area is 389 Å². The standard InChI is InChI=1S/C64H38N4/c1-2-16-48-37(10-1)11-9-21-54(48)67-56-20-6-4-18-51(56)62-57(67)31-30-50-49-17-3-5-19-55(49)68(63(50)62)64-65-52(46-32-42-26-22-38-12-7-13-39-23-27-43(33-46)60(42)58(38)39)36-53(66-64)47-34-44-28-24-40-14-8-15-41-25-29-45(35-47)61(44)59(40)41/h1-7,9-14,16-36H,8,15H2. The molecule has 0 amide bonds. The molecule has 0 fully saturated rings. The molecule has 0 aliphatic heterocycles. The zero-order valence-electron chi connectivity index (χ0n) is 36.8. The van der Waals surface area contributed by atoms with Gasteiger partial charge in [-0.2, -0.15) is 0 Å². The fourth-order valence-electron chi connectivity index (χ4n) is 12.3. The monoisotopic (exact) mass is 862 g/mol. The van der Waals surface area contributed by atoms with E-state index in [9.17, 15) is 0 Å². The van der Waals surface area contributed by atoms with E-state index in [1.54, 1.807) is 0 Å². The highest BCUT2D eigenvalue weighted by molar-refractivity contribution is 6.27. The van der Waals surface area contributed by atoms with E-state index in [1.165, 1.54) is 97.0 Å². The van der Waals surface area contributed by atoms with Crippen molar-refractivity contribution in [1.82, 2.24) is 19.1 Å². The Balaban J connectivity index is 1.02. The van der Waals surface area contributed by atoms with Crippen molar-refractivity contribution < 1.29 is 0 Å². The van der Waals surface area contributed by atoms with Crippen LogP contribution in [0.15, 0.2) is 200 Å². The van der Waals surface area contributed by atoms with Crippen LogP contribution in [0, 0.1) is 0 Å². The fraction of sp³-hybridized carbons (Fsp3) is 0.0312. The Bertz CT molecular complexity index is 4650. The lowest BCUT2D eigenvalue weighted by Gasteiger charge is -2.17. The largest absolute Gasteiger partial charge is 0.309 e. The predicted octanol–water partition coefficient (Wildman–Crippen LogP) is 15.8. The van der Waals surface area contributed by atoms with Crippen molar-refractivity contribution in [3.05, 3.63) is 211 Å². The van der Waals surface area contributed by atoms with Crippen LogP contribution < -0.4 is 5.22 Å². The summed E-state index contributed by atoms with van der Waals surface area (Å²) in [7, 11) is 0. The van der Waals surface area contributed by atoms with Crippen molar-refractivity contribution in [2.24, 2.45) is 0 Å². The number of aryl methyl sites for hydroxylation is 1. The molecule has 3 heterocycles. The van der Waals surface area contributed by atoms with E-state index in [2.05, 4.69) is 215 Å². The average Bonchev–Trinajstić information content (AvgIpc) is 3.92. The van der Waals surface area contributed by atoms with Crippen molar-refractivity contribution in [1.29, 1.82) is 0 Å². The lowest BCUT2D eigenvalue weighted by atomic mass is 9.89. The van der Waals surface area contributed by atoms with Gasteiger partial charge in [0.1, 0.15) is 0 Å². The highest BCUT2D eigenvalue weighted by Gasteiger charge is 2.24. The molecule has 0 bridgehead atoms. The second-order valence-electron chi connectivity index (χ2n) is 18.8. The van der Waals surface area contributed by atoms with Gasteiger partial charge < -0.3 is 4.57 Å². The van der Waals surface area contributed by atoms with Crippen molar-refractivity contribution >= 4 is 114 Å². The van der Waals surface area contributed by atoms with E-state index in [-0.39, 0.29) is 0 Å². The molecule has 0 saturated carbocycles. The maximum Gasteiger partial charge on any atom is 0.235 e. The molecule has 1 aliphatic rings. The van der Waals surface area contributed by atoms with Crippen LogP contribution in [0.2, 0.25) is 0 Å². The lowest BCUT2D eigenvalue weighted by Crippen LogP contribution is -2.10. The Kier molecular flexibility index (Phi) is 7.15. The number of fused-ring (bicyclic) bond motifs is 8. The molecule has 16 rings (SSSR count). The summed E-state index contributed by atoms with van der Waals surface area (Å²) in [4.78, 5) is 11.4. The molecule has 0 unspecified atom stereocenters. The van der Waals surface area contributed by atoms with Gasteiger partial charge in [0, 0.05) is 38.1 Å². The Hall–Kier alpha value is -8.86. The summed E-state index contributed by atoms with van der Waals surface area (Å²) >= 11 is 0. The van der Waals surface area contributed by atoms with E-state index < -0.39 is 0 Å². The van der Waals surface area contributed by atoms with E-state index in [0.29, 0.717) is 5.95 Å². The first-order chi connectivity index (χ1) is 33.7. The molecule has 12 aromatic carbocycles. The summed E-state index contributed by atoms with van der Waals surface area (Å²) in [5.74, 6) is 0.642. The van der Waals surface area contributed by atoms with Crippen LogP contribution in [0.5, 0.6) is 0 Å². The summed E-state index contributed by atoms with van der Waals surface area (Å²) in [5.41, 5.74) is 11.0. The Morgan fingerprint density at radius 3 is 1.66 bits per heavy atom. The minimum absolute atomic E-state index is 0.642. The van der Waals surface area contributed by atoms with Gasteiger partial charge in [-0.25, -0.2) is 9.97 Å². The molecular weight excluding hydrogens is 825 g/mol. The predicted molar refractivity (Wildman–Crippen MR) is 286 cm³/mol. The van der Waals surface area contributed by atoms with Crippen molar-refractivity contribution in [2.45, 2.75) is 12.8 Å². The number of para-hydroxylation sites is 2. The summed E-state index contributed by atoms with van der Waals surface area (Å²) in [5, 5.41) is 21.2. The third-order valence-electron chi connectivity index (χ3n) is 15.2. The quantitative estimate of drug-likeness (QED) is 0.165. The summed E-state index contributed by atoms with van der Waals surface area (Å²) in [6.45, 7) is 0. The van der Waals surface area contributed by atoms with E-state index >= 15 is 0 Å². The molecule has 4 nitrogen and oxygen atoms in total. The van der Waals surface area contributed by atoms with Gasteiger partial charge in [-0.15, -0.1) is 0 Å². The van der Waals surface area contributed by atoms with Gasteiger partial charge in [0.2, 0.25) is 5.95 Å². The van der Waals surface area contributed by atoms with Crippen LogP contribution in [-0.4, -0.2) is 19.1 Å². The van der Waals surface area contributed by atoms with Crippen molar-refractivity contribution in [2.75, 3.05) is 0 Å². The molecule has 0 atom stereocenters. The second-order valence-corrected chi connectivity index (χ2v) is 18.8. The number of nitrogens with zero attached hydrogens (tertiary/aromatic N) is 4. The molecule has 68 heavy (non-hydrogen) atoms. The van der Waals surface area contributed by atoms with Crippen molar-refractivity contribution in [3.8, 4) is 34.2 Å². The number of benzene rings is 12. The van der Waals surface area contributed by atoms with Gasteiger partial charge in [0.25, 0.3) is 0 Å². The number of aromatic nitrogens is 4. The van der Waals surface area contributed by atoms with Crippen LogP contribution in [-0.2, 0) is 6.42 Å². The van der Waals surface area contributed by atoms with Gasteiger partial charge >= 0.3 is 0 Å². The van der Waals surface area contributed by atoms with Crippen molar-refractivity contribution in [3.63, 3.8) is 0 Å². The number of hydrogen-bond acceptors (Lipinski definition) is 2. The highest BCUT2D eigenvalue weighted by Crippen LogP contribution is 2.44. The van der Waals surface area contributed by atoms with E-state index in [4.69, 9.17) is 9.97 Å². The Morgan fingerprint density at radius 2 is 0.912 bits per heavy atom. The van der Waals surface area contributed by atoms with Gasteiger partial charge in [-0.05, 0) is 137 Å². The zero-order chi connectivity index (χ0) is 44.2. The third-order valence-corrected chi connectivity index (χ3v) is 15.2. The first-order valence-electron chi connectivity index (χ1n) is 23.7. The van der Waals surface area contributed by atoms with Gasteiger partial charge in [-0.3, -0.25) is 4.57 Å². The van der Waals surface area contributed by atoms with Gasteiger partial charge in [0.15, 0.2) is 0 Å². The van der Waals surface area contributed by atoms with Gasteiger partial charge in [-0.1, -0.05) is 152 Å². The van der Waals surface area contributed by atoms with E-state index in [0.717, 1.165) is 63.1 Å². The molecular formula is C64H38N4. The SMILES string of the molecule is C1=c2ccc3cc(-c4cc(-c5cc6ccc7cccc8ccc(c5)c6c78)nc(-n5c6ccccc6c6ccc7c(c8ccccc8n7-c7cccc8ccccc78)c65)n4)cc4ccc(c2c43)CC1. The first-order valence-corrected chi connectivity index (χ1v) is 23.7. The normalized spacial score (nSPS) is 13.0. The topological polar surface area (TPSA) is 35.6 Å². The van der Waals surface area contributed by atoms with Crippen LogP contribution in [0.3, 0.4) is 0 Å². The van der Waals surface area contributed by atoms with Crippen LogP contribution in [0.25, 0.3) is 148 Å². The fourth-order valence-corrected chi connectivity index (χ4v) is 12.3. The number of rotatable bonds is 4. The van der Waals surface area contributed by atoms with E-state index in [1.807, 2.05) is 0 Å². The minimum atomic E-state index is 0.642. The lowest BCUT2D eigenvalue weighted by molar-refractivity contribution is 0.998. The number of hydrogen-bond donors (Lipinski definition) is 0. The molecule has 0 N–H and O–H groups in total. The van der Waals surface area contributed by atoms with Crippen LogP contribution in [0.4, 0.5) is 0 Å². The first kappa shape index (κ1) is 36.4. The summed E-state index contributed by atoms with van der Waals surface area (Å²) in [6.07, 6.45) is 4.56. The second kappa shape index (κ2) is 13.4. The zero-order valence-corrected chi connectivity index (χ0v) is 36.8. The maximum atomic E-state index is 5.70. The molecule has 0 spiro atoms. The maximum absolute atomic E-state index is 5.70. The third kappa shape index (κ3) is 4.93. The van der Waals surface area contributed by atoms with Gasteiger partial charge in [0.05, 0.1) is 39.1 Å². The molecule has 15 aromatic rings. The molecule has 4 heteroatoms. The smallest absolute Gasteiger partial charge is 0.235 e. The molecule has 1 aliphatic carbocycles. The molecule has 3 aromatic heterocycles. The molecule has 0 radical (unpaired) electrons. The summed E-state index contributed by atoms with van der Waals surface area (Å²) in [6, 6.07) is 74.1. The van der Waals surface area contributed by atoms with Crippen LogP contribution in [0.1, 0.15) is 12.0 Å².